The number of anilines is 2. The number of likely N-dealkylation sites (tertiary alicyclic amines) is 1. The second-order valence-electron chi connectivity index (χ2n) is 5.56. The topological polar surface area (TPSA) is 75.2 Å². The highest BCUT2D eigenvalue weighted by atomic mass is 16.5. The van der Waals surface area contributed by atoms with Crippen molar-refractivity contribution in [2.24, 2.45) is 0 Å². The fourth-order valence-electron chi connectivity index (χ4n) is 2.39. The van der Waals surface area contributed by atoms with Crippen molar-refractivity contribution < 1.29 is 4.74 Å². The van der Waals surface area contributed by atoms with Gasteiger partial charge in [-0.15, -0.1) is 0 Å². The molecule has 1 aromatic rings. The molecule has 0 amide bonds. The molecular weight excluding hydrogens is 268 g/mol. The summed E-state index contributed by atoms with van der Waals surface area (Å²) in [7, 11) is 3.96. The minimum Gasteiger partial charge on any atom is -0.463 e. The molecule has 0 spiro atoms. The van der Waals surface area contributed by atoms with Gasteiger partial charge in [-0.25, -0.2) is 0 Å². The highest BCUT2D eigenvalue weighted by molar-refractivity contribution is 5.36. The Hall–Kier alpha value is -1.63. The summed E-state index contributed by atoms with van der Waals surface area (Å²) in [6.45, 7) is 6.00. The zero-order valence-electron chi connectivity index (χ0n) is 13.4. The van der Waals surface area contributed by atoms with E-state index < -0.39 is 0 Å². The molecule has 7 heteroatoms. The number of aromatic nitrogens is 3. The number of nitrogens with one attached hydrogen (secondary N) is 2. The summed E-state index contributed by atoms with van der Waals surface area (Å²) in [5.41, 5.74) is 0. The van der Waals surface area contributed by atoms with Crippen LogP contribution in [-0.2, 0) is 0 Å². The molecule has 1 aromatic heterocycles. The van der Waals surface area contributed by atoms with Crippen LogP contribution in [0.15, 0.2) is 0 Å². The van der Waals surface area contributed by atoms with Gasteiger partial charge < -0.3 is 20.3 Å². The standard InChI is InChI=1S/C14H26N6O/c1-5-8-21-14-18-12(15-3)17-13(19-14)16-11-6-7-20(4)10(2)9-11/h10-11H,5-9H2,1-4H3,(H2,15,16,17,18,19). The Morgan fingerprint density at radius 3 is 2.71 bits per heavy atom. The van der Waals surface area contributed by atoms with E-state index >= 15 is 0 Å². The van der Waals surface area contributed by atoms with Gasteiger partial charge in [0.1, 0.15) is 0 Å². The molecule has 2 N–H and O–H groups in total. The molecule has 1 aliphatic heterocycles. The average Bonchev–Trinajstić information content (AvgIpc) is 2.48. The first-order chi connectivity index (χ1) is 10.1. The molecule has 21 heavy (non-hydrogen) atoms. The van der Waals surface area contributed by atoms with Crippen LogP contribution in [0, 0.1) is 0 Å². The van der Waals surface area contributed by atoms with Crippen LogP contribution in [0.4, 0.5) is 11.9 Å². The van der Waals surface area contributed by atoms with Crippen molar-refractivity contribution >= 4 is 11.9 Å². The quantitative estimate of drug-likeness (QED) is 0.825. The van der Waals surface area contributed by atoms with Gasteiger partial charge in [-0.05, 0) is 33.2 Å². The fourth-order valence-corrected chi connectivity index (χ4v) is 2.39. The maximum atomic E-state index is 5.52. The van der Waals surface area contributed by atoms with Gasteiger partial charge >= 0.3 is 6.01 Å². The second-order valence-corrected chi connectivity index (χ2v) is 5.56. The third-order valence-electron chi connectivity index (χ3n) is 3.82. The van der Waals surface area contributed by atoms with Crippen LogP contribution < -0.4 is 15.4 Å². The second kappa shape index (κ2) is 7.40. The first-order valence-corrected chi connectivity index (χ1v) is 7.65. The molecule has 2 rings (SSSR count). The summed E-state index contributed by atoms with van der Waals surface area (Å²) >= 11 is 0. The Morgan fingerprint density at radius 2 is 2.05 bits per heavy atom. The van der Waals surface area contributed by atoms with Crippen LogP contribution >= 0.6 is 0 Å². The van der Waals surface area contributed by atoms with E-state index in [1.54, 1.807) is 7.05 Å². The van der Waals surface area contributed by atoms with Crippen molar-refractivity contribution in [2.75, 3.05) is 37.9 Å². The number of hydrogen-bond acceptors (Lipinski definition) is 7. The third kappa shape index (κ3) is 4.42. The van der Waals surface area contributed by atoms with E-state index in [-0.39, 0.29) is 0 Å². The Balaban J connectivity index is 2.04. The highest BCUT2D eigenvalue weighted by Gasteiger charge is 2.23. The van der Waals surface area contributed by atoms with Gasteiger partial charge in [0.05, 0.1) is 6.61 Å². The average molecular weight is 294 g/mol. The zero-order chi connectivity index (χ0) is 15.2. The van der Waals surface area contributed by atoms with Gasteiger partial charge in [0, 0.05) is 25.7 Å². The van der Waals surface area contributed by atoms with Crippen LogP contribution in [0.3, 0.4) is 0 Å². The molecule has 7 nitrogen and oxygen atoms in total. The monoisotopic (exact) mass is 294 g/mol. The maximum Gasteiger partial charge on any atom is 0.323 e. The van der Waals surface area contributed by atoms with Crippen LogP contribution in [0.1, 0.15) is 33.1 Å². The molecule has 2 unspecified atom stereocenters. The van der Waals surface area contributed by atoms with Gasteiger partial charge in [-0.3, -0.25) is 0 Å². The molecule has 2 heterocycles. The molecule has 0 aliphatic carbocycles. The van der Waals surface area contributed by atoms with Crippen molar-refractivity contribution in [3.8, 4) is 6.01 Å². The summed E-state index contributed by atoms with van der Waals surface area (Å²) in [6.07, 6.45) is 3.10. The predicted molar refractivity (Wildman–Crippen MR) is 83.9 cm³/mol. The summed E-state index contributed by atoms with van der Waals surface area (Å²) in [6, 6.07) is 1.33. The fraction of sp³-hybridized carbons (Fsp3) is 0.786. The lowest BCUT2D eigenvalue weighted by Crippen LogP contribution is -2.42. The Morgan fingerprint density at radius 1 is 1.29 bits per heavy atom. The van der Waals surface area contributed by atoms with Crippen LogP contribution in [0.5, 0.6) is 6.01 Å². The van der Waals surface area contributed by atoms with Crippen molar-refractivity contribution in [3.05, 3.63) is 0 Å². The zero-order valence-corrected chi connectivity index (χ0v) is 13.4. The van der Waals surface area contributed by atoms with Crippen molar-refractivity contribution in [2.45, 2.75) is 45.2 Å². The van der Waals surface area contributed by atoms with E-state index in [9.17, 15) is 0 Å². The minimum atomic E-state index is 0.375. The highest BCUT2D eigenvalue weighted by Crippen LogP contribution is 2.19. The largest absolute Gasteiger partial charge is 0.463 e. The third-order valence-corrected chi connectivity index (χ3v) is 3.82. The molecule has 0 radical (unpaired) electrons. The Bertz CT molecular complexity index is 455. The summed E-state index contributed by atoms with van der Waals surface area (Å²) in [5.74, 6) is 1.11. The molecule has 0 saturated carbocycles. The van der Waals surface area contributed by atoms with Crippen molar-refractivity contribution in [3.63, 3.8) is 0 Å². The van der Waals surface area contributed by atoms with Gasteiger partial charge in [0.2, 0.25) is 11.9 Å². The lowest BCUT2D eigenvalue weighted by Gasteiger charge is -2.35. The van der Waals surface area contributed by atoms with Crippen LogP contribution in [0.25, 0.3) is 0 Å². The molecule has 1 aliphatic rings. The number of nitrogens with zero attached hydrogens (tertiary/aromatic N) is 4. The van der Waals surface area contributed by atoms with Gasteiger partial charge in [0.15, 0.2) is 0 Å². The number of hydrogen-bond donors (Lipinski definition) is 2. The van der Waals surface area contributed by atoms with Gasteiger partial charge in [-0.2, -0.15) is 15.0 Å². The summed E-state index contributed by atoms with van der Waals surface area (Å²) in [5, 5.41) is 6.36. The number of rotatable bonds is 6. The van der Waals surface area contributed by atoms with E-state index in [0.717, 1.165) is 25.8 Å². The van der Waals surface area contributed by atoms with E-state index in [2.05, 4.69) is 51.4 Å². The van der Waals surface area contributed by atoms with Crippen molar-refractivity contribution in [1.29, 1.82) is 0 Å². The maximum absolute atomic E-state index is 5.52. The molecule has 2 atom stereocenters. The molecule has 1 fully saturated rings. The lowest BCUT2D eigenvalue weighted by atomic mass is 9.99. The van der Waals surface area contributed by atoms with Crippen LogP contribution in [-0.4, -0.2) is 59.2 Å². The Kier molecular flexibility index (Phi) is 5.55. The molecule has 118 valence electrons. The van der Waals surface area contributed by atoms with E-state index in [1.807, 2.05) is 0 Å². The number of piperidine rings is 1. The Labute approximate surface area is 126 Å². The normalized spacial score (nSPS) is 22.9. The SMILES string of the molecule is CCCOc1nc(NC)nc(NC2CCN(C)C(C)C2)n1. The molecule has 0 aromatic carbocycles. The molecular formula is C14H26N6O. The smallest absolute Gasteiger partial charge is 0.323 e. The van der Waals surface area contributed by atoms with Gasteiger partial charge in [-0.1, -0.05) is 6.92 Å². The number of ether oxygens (including phenoxy) is 1. The van der Waals surface area contributed by atoms with E-state index in [0.29, 0.717) is 36.6 Å². The van der Waals surface area contributed by atoms with E-state index in [4.69, 9.17) is 4.74 Å². The van der Waals surface area contributed by atoms with Crippen molar-refractivity contribution in [1.82, 2.24) is 19.9 Å². The molecule has 1 saturated heterocycles. The first kappa shape index (κ1) is 15.8. The lowest BCUT2D eigenvalue weighted by molar-refractivity contribution is 0.189. The molecule has 0 bridgehead atoms. The predicted octanol–water partition coefficient (Wildman–Crippen LogP) is 1.60. The van der Waals surface area contributed by atoms with Gasteiger partial charge in [0.25, 0.3) is 0 Å². The minimum absolute atomic E-state index is 0.375. The van der Waals surface area contributed by atoms with E-state index in [1.165, 1.54) is 0 Å². The summed E-state index contributed by atoms with van der Waals surface area (Å²) < 4.78 is 5.52. The first-order valence-electron chi connectivity index (χ1n) is 7.65. The summed E-state index contributed by atoms with van der Waals surface area (Å²) in [4.78, 5) is 15.3. The van der Waals surface area contributed by atoms with Crippen LogP contribution in [0.2, 0.25) is 0 Å².